The third-order valence-electron chi connectivity index (χ3n) is 5.96. The van der Waals surface area contributed by atoms with Crippen molar-refractivity contribution in [3.8, 4) is 11.5 Å². The summed E-state index contributed by atoms with van der Waals surface area (Å²) in [7, 11) is 0. The lowest BCUT2D eigenvalue weighted by Gasteiger charge is -2.23. The minimum absolute atomic E-state index is 0.0425. The van der Waals surface area contributed by atoms with Crippen LogP contribution in [0.1, 0.15) is 12.8 Å². The van der Waals surface area contributed by atoms with E-state index >= 15 is 0 Å². The summed E-state index contributed by atoms with van der Waals surface area (Å²) in [6.45, 7) is 0. The largest absolute Gasteiger partial charge is 0.462 e. The molecule has 2 aromatic rings. The van der Waals surface area contributed by atoms with E-state index in [-0.39, 0.29) is 41.7 Å². The van der Waals surface area contributed by atoms with Crippen molar-refractivity contribution in [3.63, 3.8) is 0 Å². The van der Waals surface area contributed by atoms with Crippen molar-refractivity contribution in [2.75, 3.05) is 5.32 Å². The van der Waals surface area contributed by atoms with Crippen molar-refractivity contribution < 1.29 is 19.1 Å². The average Bonchev–Trinajstić information content (AvgIpc) is 3.27. The molecular formula is C21H18ClNO4. The van der Waals surface area contributed by atoms with Crippen LogP contribution in [0.3, 0.4) is 0 Å². The number of fused-ring (bicyclic) bond motifs is 1. The lowest BCUT2D eigenvalue weighted by Crippen LogP contribution is -2.35. The Morgan fingerprint density at radius 1 is 1.04 bits per heavy atom. The molecule has 1 N–H and O–H groups in total. The van der Waals surface area contributed by atoms with Crippen LogP contribution in [-0.2, 0) is 14.3 Å². The molecule has 0 aromatic heterocycles. The zero-order chi connectivity index (χ0) is 18.5. The number of carbonyl (C=O) groups excluding carboxylic acids is 2. The van der Waals surface area contributed by atoms with E-state index in [1.807, 2.05) is 0 Å². The lowest BCUT2D eigenvalue weighted by atomic mass is 9.79. The van der Waals surface area contributed by atoms with Crippen molar-refractivity contribution in [2.24, 2.45) is 23.7 Å². The molecular weight excluding hydrogens is 366 g/mol. The topological polar surface area (TPSA) is 64.6 Å². The van der Waals surface area contributed by atoms with Gasteiger partial charge in [0.2, 0.25) is 5.91 Å². The van der Waals surface area contributed by atoms with E-state index in [4.69, 9.17) is 21.1 Å². The molecule has 1 aliphatic heterocycles. The van der Waals surface area contributed by atoms with Gasteiger partial charge in [0.1, 0.15) is 17.6 Å². The highest BCUT2D eigenvalue weighted by Crippen LogP contribution is 2.57. The average molecular weight is 384 g/mol. The van der Waals surface area contributed by atoms with Crippen molar-refractivity contribution in [1.29, 1.82) is 0 Å². The van der Waals surface area contributed by atoms with E-state index in [0.29, 0.717) is 22.2 Å². The predicted molar refractivity (Wildman–Crippen MR) is 99.7 cm³/mol. The Hall–Kier alpha value is -2.53. The van der Waals surface area contributed by atoms with Gasteiger partial charge in [-0.05, 0) is 67.3 Å². The summed E-state index contributed by atoms with van der Waals surface area (Å²) in [6.07, 6.45) is 1.78. The van der Waals surface area contributed by atoms with Gasteiger partial charge < -0.3 is 14.8 Å². The van der Waals surface area contributed by atoms with Gasteiger partial charge in [0.15, 0.2) is 0 Å². The van der Waals surface area contributed by atoms with Crippen LogP contribution in [0.2, 0.25) is 5.02 Å². The van der Waals surface area contributed by atoms with E-state index in [1.54, 1.807) is 48.5 Å². The first-order valence-electron chi connectivity index (χ1n) is 9.13. The highest BCUT2D eigenvalue weighted by molar-refractivity contribution is 6.30. The van der Waals surface area contributed by atoms with Gasteiger partial charge in [-0.1, -0.05) is 11.6 Å². The fraction of sp³-hybridized carbons (Fsp3) is 0.333. The molecule has 1 saturated heterocycles. The number of anilines is 1. The smallest absolute Gasteiger partial charge is 0.310 e. The van der Waals surface area contributed by atoms with E-state index < -0.39 is 0 Å². The van der Waals surface area contributed by atoms with Gasteiger partial charge in [-0.25, -0.2) is 0 Å². The maximum atomic E-state index is 12.8. The van der Waals surface area contributed by atoms with E-state index in [2.05, 4.69) is 5.32 Å². The van der Waals surface area contributed by atoms with Crippen LogP contribution >= 0.6 is 11.6 Å². The molecule has 5 nitrogen and oxygen atoms in total. The molecule has 1 amide bonds. The standard InChI is InChI=1S/C21H18ClNO4/c22-12-1-5-14(6-2-12)26-15-7-3-13(4-8-15)23-20(24)18-11-9-16-17(10-11)27-21(25)19(16)18/h1-8,11,16-19H,9-10H2,(H,23,24)/t11-,16-,17-,18+,19+/m1/s1. The molecule has 2 saturated carbocycles. The molecule has 2 aliphatic carbocycles. The van der Waals surface area contributed by atoms with Gasteiger partial charge in [0.05, 0.1) is 11.8 Å². The summed E-state index contributed by atoms with van der Waals surface area (Å²) in [4.78, 5) is 24.9. The minimum Gasteiger partial charge on any atom is -0.462 e. The van der Waals surface area contributed by atoms with Crippen LogP contribution in [0.25, 0.3) is 0 Å². The number of hydrogen-bond acceptors (Lipinski definition) is 4. The Balaban J connectivity index is 1.25. The van der Waals surface area contributed by atoms with Crippen LogP contribution in [0.4, 0.5) is 5.69 Å². The van der Waals surface area contributed by atoms with Crippen molar-refractivity contribution >= 4 is 29.2 Å². The molecule has 5 rings (SSSR count). The fourth-order valence-corrected chi connectivity index (χ4v) is 4.96. The Morgan fingerprint density at radius 3 is 2.41 bits per heavy atom. The molecule has 0 spiro atoms. The summed E-state index contributed by atoms with van der Waals surface area (Å²) in [5, 5.41) is 3.60. The second kappa shape index (κ2) is 6.27. The highest BCUT2D eigenvalue weighted by atomic mass is 35.5. The number of hydrogen-bond donors (Lipinski definition) is 1. The Bertz CT molecular complexity index is 893. The normalized spacial score (nSPS) is 30.3. The number of benzene rings is 2. The molecule has 0 radical (unpaired) electrons. The van der Waals surface area contributed by atoms with Crippen LogP contribution in [0.5, 0.6) is 11.5 Å². The Morgan fingerprint density at radius 2 is 1.70 bits per heavy atom. The number of nitrogens with one attached hydrogen (secondary N) is 1. The van der Waals surface area contributed by atoms with Crippen molar-refractivity contribution in [1.82, 2.24) is 0 Å². The Kier molecular flexibility index (Phi) is 3.86. The number of amides is 1. The maximum Gasteiger partial charge on any atom is 0.310 e. The van der Waals surface area contributed by atoms with Crippen LogP contribution in [0, 0.1) is 23.7 Å². The first-order chi connectivity index (χ1) is 13.1. The second-order valence-corrected chi connectivity index (χ2v) is 7.93. The van der Waals surface area contributed by atoms with Gasteiger partial charge in [-0.2, -0.15) is 0 Å². The first kappa shape index (κ1) is 16.6. The number of carbonyl (C=O) groups is 2. The Labute approximate surface area is 161 Å². The third kappa shape index (κ3) is 2.86. The van der Waals surface area contributed by atoms with Gasteiger partial charge in [0, 0.05) is 16.6 Å². The number of halogens is 1. The van der Waals surface area contributed by atoms with Gasteiger partial charge >= 0.3 is 5.97 Å². The SMILES string of the molecule is O=C(Nc1ccc(Oc2ccc(Cl)cc2)cc1)[C@H]1[C@@H]2C[C@H]3[C@@H]1C(=O)O[C@@H]3C2. The van der Waals surface area contributed by atoms with Crippen LogP contribution in [-0.4, -0.2) is 18.0 Å². The summed E-state index contributed by atoms with van der Waals surface area (Å²) < 4.78 is 11.2. The number of esters is 1. The zero-order valence-corrected chi connectivity index (χ0v) is 15.2. The van der Waals surface area contributed by atoms with Gasteiger partial charge in [0.25, 0.3) is 0 Å². The van der Waals surface area contributed by atoms with Crippen molar-refractivity contribution in [3.05, 3.63) is 53.6 Å². The fourth-order valence-electron chi connectivity index (χ4n) is 4.83. The summed E-state index contributed by atoms with van der Waals surface area (Å²) >= 11 is 5.87. The lowest BCUT2D eigenvalue weighted by molar-refractivity contribution is -0.145. The second-order valence-electron chi connectivity index (χ2n) is 7.49. The minimum atomic E-state index is -0.272. The molecule has 2 aromatic carbocycles. The van der Waals surface area contributed by atoms with Crippen molar-refractivity contribution in [2.45, 2.75) is 18.9 Å². The van der Waals surface area contributed by atoms with Gasteiger partial charge in [-0.15, -0.1) is 0 Å². The molecule has 2 bridgehead atoms. The molecule has 5 atom stereocenters. The van der Waals surface area contributed by atoms with Crippen LogP contribution in [0.15, 0.2) is 48.5 Å². The number of ether oxygens (including phenoxy) is 2. The molecule has 3 aliphatic rings. The molecule has 0 unspecified atom stereocenters. The monoisotopic (exact) mass is 383 g/mol. The molecule has 6 heteroatoms. The quantitative estimate of drug-likeness (QED) is 0.801. The number of rotatable bonds is 4. The predicted octanol–water partition coefficient (Wildman–Crippen LogP) is 4.27. The molecule has 138 valence electrons. The van der Waals surface area contributed by atoms with Gasteiger partial charge in [-0.3, -0.25) is 9.59 Å². The zero-order valence-electron chi connectivity index (χ0n) is 14.4. The molecule has 27 heavy (non-hydrogen) atoms. The van der Waals surface area contributed by atoms with Crippen LogP contribution < -0.4 is 10.1 Å². The maximum absolute atomic E-state index is 12.8. The highest BCUT2D eigenvalue weighted by Gasteiger charge is 2.63. The third-order valence-corrected chi connectivity index (χ3v) is 6.21. The first-order valence-corrected chi connectivity index (χ1v) is 9.51. The molecule has 3 fully saturated rings. The van der Waals surface area contributed by atoms with E-state index in [9.17, 15) is 9.59 Å². The summed E-state index contributed by atoms with van der Waals surface area (Å²) in [5.74, 6) is 1.02. The molecule has 1 heterocycles. The summed E-state index contributed by atoms with van der Waals surface area (Å²) in [6, 6.07) is 14.3. The van der Waals surface area contributed by atoms with E-state index in [0.717, 1.165) is 12.8 Å². The summed E-state index contributed by atoms with van der Waals surface area (Å²) in [5.41, 5.74) is 0.689. The van der Waals surface area contributed by atoms with E-state index in [1.165, 1.54) is 0 Å².